The molecule has 22 heteroatoms. The second-order valence-corrected chi connectivity index (χ2v) is 20.3. The van der Waals surface area contributed by atoms with Gasteiger partial charge in [0.15, 0.2) is 0 Å². The Bertz CT molecular complexity index is 1910. The monoisotopic (exact) mass is 1020 g/mol. The summed E-state index contributed by atoms with van der Waals surface area (Å²) in [5.41, 5.74) is 12.5. The first-order valence-electron chi connectivity index (χ1n) is 24.8. The summed E-state index contributed by atoms with van der Waals surface area (Å²) < 4.78 is 0. The number of aliphatic hydroxyl groups excluding tert-OH is 1. The van der Waals surface area contributed by atoms with E-state index in [0.29, 0.717) is 62.9 Å². The molecule has 71 heavy (non-hydrogen) atoms. The van der Waals surface area contributed by atoms with E-state index in [0.717, 1.165) is 0 Å². The molecule has 1 aliphatic rings. The van der Waals surface area contributed by atoms with Crippen molar-refractivity contribution in [3.63, 3.8) is 0 Å². The topological polar surface area (TPSA) is 334 Å². The van der Waals surface area contributed by atoms with Crippen LogP contribution in [-0.4, -0.2) is 154 Å². The molecule has 0 saturated carbocycles. The zero-order valence-corrected chi connectivity index (χ0v) is 43.6. The van der Waals surface area contributed by atoms with E-state index in [9.17, 15) is 53.4 Å². The van der Waals surface area contributed by atoms with Gasteiger partial charge in [0, 0.05) is 13.0 Å². The number of hydrogen-bond donors (Lipinski definition) is 11. The molecule has 400 valence electrons. The van der Waals surface area contributed by atoms with Crippen LogP contribution in [0.2, 0.25) is 0 Å². The molecule has 0 bridgehead atoms. The molecule has 0 spiro atoms. The summed E-state index contributed by atoms with van der Waals surface area (Å²) in [6, 6.07) is -0.470. The molecule has 0 aliphatic carbocycles. The second kappa shape index (κ2) is 31.9. The average molecular weight is 1020 g/mol. The van der Waals surface area contributed by atoms with Crippen molar-refractivity contribution >= 4 is 65.0 Å². The molecule has 13 N–H and O–H groups in total. The van der Waals surface area contributed by atoms with Gasteiger partial charge in [-0.25, -0.2) is 4.79 Å². The minimum Gasteiger partial charge on any atom is -0.480 e. The van der Waals surface area contributed by atoms with E-state index >= 15 is 0 Å². The molecule has 21 nitrogen and oxygen atoms in total. The number of likely N-dealkylation sites (tertiary alicyclic amines) is 1. The molecule has 8 amide bonds. The van der Waals surface area contributed by atoms with Gasteiger partial charge in [0.25, 0.3) is 0 Å². The first-order valence-corrected chi connectivity index (χ1v) is 26.2. The van der Waals surface area contributed by atoms with Crippen molar-refractivity contribution in [1.82, 2.24) is 42.1 Å². The van der Waals surface area contributed by atoms with Crippen LogP contribution in [-0.2, 0) is 49.6 Å². The Morgan fingerprint density at radius 1 is 0.732 bits per heavy atom. The molecular weight excluding hydrogens is 937 g/mol. The molecule has 2 rings (SSSR count). The Morgan fingerprint density at radius 3 is 1.90 bits per heavy atom. The highest BCUT2D eigenvalue weighted by Crippen LogP contribution is 2.20. The minimum absolute atomic E-state index is 0.0338. The van der Waals surface area contributed by atoms with Crippen molar-refractivity contribution in [3.05, 3.63) is 35.9 Å². The number of carboxylic acid groups (broad SMARTS) is 1. The lowest BCUT2D eigenvalue weighted by atomic mass is 9.95. The van der Waals surface area contributed by atoms with Gasteiger partial charge in [-0.05, 0) is 100 Å². The first kappa shape index (κ1) is 61.8. The summed E-state index contributed by atoms with van der Waals surface area (Å²) in [6.07, 6.45) is 3.59. The van der Waals surface area contributed by atoms with Crippen LogP contribution in [0.1, 0.15) is 112 Å². The summed E-state index contributed by atoms with van der Waals surface area (Å²) in [4.78, 5) is 123. The van der Waals surface area contributed by atoms with E-state index in [1.54, 1.807) is 49.0 Å². The molecule has 0 aromatic heterocycles. The van der Waals surface area contributed by atoms with E-state index < -0.39 is 114 Å². The lowest BCUT2D eigenvalue weighted by Gasteiger charge is -2.29. The van der Waals surface area contributed by atoms with Gasteiger partial charge in [-0.1, -0.05) is 78.3 Å². The van der Waals surface area contributed by atoms with Crippen molar-refractivity contribution in [2.45, 2.75) is 167 Å². The number of aliphatic hydroxyl groups is 1. The summed E-state index contributed by atoms with van der Waals surface area (Å²) in [5.74, 6) is -6.73. The molecule has 1 aliphatic heterocycles. The predicted molar refractivity (Wildman–Crippen MR) is 271 cm³/mol. The minimum atomic E-state index is -1.59. The number of unbranched alkanes of at least 4 members (excludes halogenated alkanes) is 1. The Labute approximate surface area is 423 Å². The highest BCUT2D eigenvalue weighted by molar-refractivity contribution is 7.98. The molecule has 0 unspecified atom stereocenters. The van der Waals surface area contributed by atoms with Gasteiger partial charge in [0.2, 0.25) is 47.3 Å². The van der Waals surface area contributed by atoms with E-state index in [-0.39, 0.29) is 43.4 Å². The third-order valence-corrected chi connectivity index (χ3v) is 12.9. The molecule has 1 fully saturated rings. The van der Waals surface area contributed by atoms with Crippen LogP contribution in [0.15, 0.2) is 30.3 Å². The lowest BCUT2D eigenvalue weighted by molar-refractivity contribution is -0.143. The van der Waals surface area contributed by atoms with Crippen molar-refractivity contribution in [1.29, 1.82) is 0 Å². The summed E-state index contributed by atoms with van der Waals surface area (Å²) in [7, 11) is 0. The van der Waals surface area contributed by atoms with E-state index in [2.05, 4.69) is 37.2 Å². The van der Waals surface area contributed by atoms with Crippen molar-refractivity contribution in [3.8, 4) is 0 Å². The highest BCUT2D eigenvalue weighted by Gasteiger charge is 2.39. The van der Waals surface area contributed by atoms with Crippen LogP contribution in [0.4, 0.5) is 0 Å². The predicted octanol–water partition coefficient (Wildman–Crippen LogP) is 0.0582. The Morgan fingerprint density at radius 2 is 1.32 bits per heavy atom. The molecule has 1 saturated heterocycles. The number of nitrogens with two attached hydrogens (primary N) is 2. The van der Waals surface area contributed by atoms with Crippen LogP contribution < -0.4 is 48.7 Å². The Hall–Kier alpha value is -5.32. The fourth-order valence-electron chi connectivity index (χ4n) is 8.04. The van der Waals surface area contributed by atoms with Crippen LogP contribution in [0.3, 0.4) is 0 Å². The number of benzene rings is 1. The molecule has 1 heterocycles. The smallest absolute Gasteiger partial charge is 0.326 e. The van der Waals surface area contributed by atoms with Gasteiger partial charge in [0.05, 0.1) is 18.7 Å². The van der Waals surface area contributed by atoms with Crippen molar-refractivity contribution < 1.29 is 53.4 Å². The largest absolute Gasteiger partial charge is 0.480 e. The molecule has 0 radical (unpaired) electrons. The van der Waals surface area contributed by atoms with Crippen LogP contribution >= 0.6 is 11.8 Å². The standard InChI is InChI=1S/C49H82N10O11S/c1-9-30(6)40(47(67)56-37(49(69)70)25-29(4)5)57-44(64)35(24-28(2)3)55-43(63)36(26-32-16-11-10-12-17-32)53-39(61)27-52-46(66)41(31(7)60)58-42(62)34(18-13-14-21-50)54-45(65)38-19-15-22-59(38)48(68)33(51)20-23-71-8/h10-12,16-17,28-31,33-38,40-41,60H,9,13-15,18-27,50-51H2,1-8H3,(H,52,66)(H,53,61)(H,54,65)(H,55,63)(H,56,67)(H,57,64)(H,58,62)(H,69,70)/t30-,31+,33-,34-,35-,36-,37-,38-,40-,41-/m0/s1. The number of carbonyl (C=O) groups excluding carboxylic acids is 8. The first-order chi connectivity index (χ1) is 33.5. The SMILES string of the molecule is CC[C@H](C)[C@H](NC(=O)[C@H](CC(C)C)NC(=O)[C@H](Cc1ccccc1)NC(=O)CNC(=O)[C@@H](NC(=O)[C@H](CCCCN)NC(=O)[C@@H]1CCCN1C(=O)[C@@H](N)CCSC)[C@@H](C)O)C(=O)N[C@@H](CC(C)C)C(=O)O. The number of amides is 8. The number of hydrogen-bond acceptors (Lipinski definition) is 13. The van der Waals surface area contributed by atoms with Gasteiger partial charge < -0.3 is 63.8 Å². The van der Waals surface area contributed by atoms with Gasteiger partial charge in [-0.3, -0.25) is 38.4 Å². The third kappa shape index (κ3) is 21.5. The van der Waals surface area contributed by atoms with Gasteiger partial charge in [-0.15, -0.1) is 0 Å². The Balaban J connectivity index is 2.26. The lowest BCUT2D eigenvalue weighted by Crippen LogP contribution is -2.60. The van der Waals surface area contributed by atoms with Crippen LogP contribution in [0.25, 0.3) is 0 Å². The zero-order valence-electron chi connectivity index (χ0n) is 42.8. The number of nitrogens with one attached hydrogen (secondary N) is 7. The number of rotatable bonds is 32. The van der Waals surface area contributed by atoms with Crippen molar-refractivity contribution in [2.75, 3.05) is 31.6 Å². The summed E-state index contributed by atoms with van der Waals surface area (Å²) in [5, 5.41) is 38.7. The molecule has 1 aromatic carbocycles. The van der Waals surface area contributed by atoms with E-state index in [1.807, 2.05) is 40.9 Å². The number of thioether (sulfide) groups is 1. The van der Waals surface area contributed by atoms with Crippen LogP contribution in [0, 0.1) is 17.8 Å². The van der Waals surface area contributed by atoms with Gasteiger partial charge in [0.1, 0.15) is 42.3 Å². The number of carboxylic acids is 1. The second-order valence-electron chi connectivity index (χ2n) is 19.3. The fraction of sp³-hybridized carbons (Fsp3) is 0.694. The fourth-order valence-corrected chi connectivity index (χ4v) is 8.53. The van der Waals surface area contributed by atoms with Gasteiger partial charge >= 0.3 is 5.97 Å². The third-order valence-electron chi connectivity index (χ3n) is 12.2. The number of carbonyl (C=O) groups is 9. The van der Waals surface area contributed by atoms with Crippen LogP contribution in [0.5, 0.6) is 0 Å². The maximum atomic E-state index is 14.1. The van der Waals surface area contributed by atoms with E-state index in [4.69, 9.17) is 11.5 Å². The number of nitrogens with zero attached hydrogens (tertiary/aromatic N) is 1. The number of aliphatic carboxylic acids is 1. The Kier molecular flexibility index (Phi) is 27.8. The van der Waals surface area contributed by atoms with Gasteiger partial charge in [-0.2, -0.15) is 11.8 Å². The summed E-state index contributed by atoms with van der Waals surface area (Å²) >= 11 is 1.55. The normalized spacial score (nSPS) is 17.3. The molecular formula is C49H82N10O11S. The summed E-state index contributed by atoms with van der Waals surface area (Å²) in [6.45, 7) is 12.1. The maximum Gasteiger partial charge on any atom is 0.326 e. The van der Waals surface area contributed by atoms with E-state index in [1.165, 1.54) is 11.8 Å². The van der Waals surface area contributed by atoms with Crippen molar-refractivity contribution in [2.24, 2.45) is 29.2 Å². The molecule has 10 atom stereocenters. The average Bonchev–Trinajstić information content (AvgIpc) is 3.82. The zero-order chi connectivity index (χ0) is 53.4. The molecule has 1 aromatic rings. The quantitative estimate of drug-likeness (QED) is 0.0426. The highest BCUT2D eigenvalue weighted by atomic mass is 32.2. The maximum absolute atomic E-state index is 14.1.